The van der Waals surface area contributed by atoms with Gasteiger partial charge in [-0.05, 0) is 38.3 Å². The fraction of sp³-hybridized carbons (Fsp3) is 1.00. The molecular formula is C13H28N2. The van der Waals surface area contributed by atoms with Crippen molar-refractivity contribution in [1.82, 2.24) is 10.2 Å². The number of nitrogens with one attached hydrogen (secondary N) is 1. The zero-order valence-corrected chi connectivity index (χ0v) is 11.1. The van der Waals surface area contributed by atoms with Crippen molar-refractivity contribution in [3.63, 3.8) is 0 Å². The molecule has 0 heterocycles. The van der Waals surface area contributed by atoms with Crippen LogP contribution in [0.25, 0.3) is 0 Å². The molecule has 0 radical (unpaired) electrons. The second-order valence-electron chi connectivity index (χ2n) is 6.20. The van der Waals surface area contributed by atoms with E-state index in [1.54, 1.807) is 0 Å². The van der Waals surface area contributed by atoms with Crippen LogP contribution in [0.3, 0.4) is 0 Å². The lowest BCUT2D eigenvalue weighted by molar-refractivity contribution is 0.172. The van der Waals surface area contributed by atoms with E-state index in [1.807, 2.05) is 0 Å². The molecule has 1 N–H and O–H groups in total. The summed E-state index contributed by atoms with van der Waals surface area (Å²) in [4.78, 5) is 2.55. The fourth-order valence-electron chi connectivity index (χ4n) is 2.71. The number of nitrogens with zero attached hydrogens (tertiary/aromatic N) is 1. The first-order valence-electron chi connectivity index (χ1n) is 6.36. The van der Waals surface area contributed by atoms with Crippen LogP contribution >= 0.6 is 0 Å². The van der Waals surface area contributed by atoms with E-state index in [0.717, 1.165) is 18.6 Å². The second kappa shape index (κ2) is 5.31. The van der Waals surface area contributed by atoms with Gasteiger partial charge in [-0.2, -0.15) is 0 Å². The predicted molar refractivity (Wildman–Crippen MR) is 67.2 cm³/mol. The van der Waals surface area contributed by atoms with Crippen molar-refractivity contribution in [2.24, 2.45) is 5.41 Å². The Balaban J connectivity index is 2.33. The van der Waals surface area contributed by atoms with E-state index in [2.05, 4.69) is 45.0 Å². The minimum atomic E-state index is 0.422. The van der Waals surface area contributed by atoms with E-state index in [1.165, 1.54) is 25.8 Å². The van der Waals surface area contributed by atoms with Gasteiger partial charge in [-0.25, -0.2) is 0 Å². The van der Waals surface area contributed by atoms with Gasteiger partial charge < -0.3 is 10.2 Å². The van der Waals surface area contributed by atoms with E-state index in [0.29, 0.717) is 5.41 Å². The maximum absolute atomic E-state index is 3.57. The van der Waals surface area contributed by atoms with Gasteiger partial charge in [-0.1, -0.05) is 27.7 Å². The Morgan fingerprint density at radius 2 is 1.93 bits per heavy atom. The molecule has 1 fully saturated rings. The van der Waals surface area contributed by atoms with Crippen molar-refractivity contribution in [1.29, 1.82) is 0 Å². The average Bonchev–Trinajstić information content (AvgIpc) is 2.50. The molecule has 1 rings (SSSR count). The van der Waals surface area contributed by atoms with Crippen molar-refractivity contribution < 1.29 is 0 Å². The Labute approximate surface area is 95.4 Å². The fourth-order valence-corrected chi connectivity index (χ4v) is 2.71. The molecule has 1 saturated carbocycles. The second-order valence-corrected chi connectivity index (χ2v) is 6.20. The van der Waals surface area contributed by atoms with Crippen molar-refractivity contribution in [2.45, 2.75) is 59.0 Å². The summed E-state index contributed by atoms with van der Waals surface area (Å²) < 4.78 is 0. The highest BCUT2D eigenvalue weighted by Crippen LogP contribution is 2.26. The first kappa shape index (κ1) is 13.0. The third-order valence-electron chi connectivity index (χ3n) is 3.24. The lowest BCUT2D eigenvalue weighted by Gasteiger charge is -2.31. The molecule has 0 aliphatic heterocycles. The molecular weight excluding hydrogens is 184 g/mol. The zero-order valence-electron chi connectivity index (χ0n) is 11.1. The summed E-state index contributed by atoms with van der Waals surface area (Å²) in [5.41, 5.74) is 0.422. The molecule has 0 aromatic heterocycles. The molecule has 0 saturated heterocycles. The summed E-state index contributed by atoms with van der Waals surface area (Å²) in [6, 6.07) is 1.57. The molecule has 1 aliphatic carbocycles. The van der Waals surface area contributed by atoms with Gasteiger partial charge in [0.25, 0.3) is 0 Å². The van der Waals surface area contributed by atoms with Crippen LogP contribution < -0.4 is 5.32 Å². The Hall–Kier alpha value is -0.0800. The monoisotopic (exact) mass is 212 g/mol. The lowest BCUT2D eigenvalue weighted by atomic mass is 9.95. The normalized spacial score (nSPS) is 27.6. The van der Waals surface area contributed by atoms with Crippen LogP contribution in [0, 0.1) is 5.41 Å². The van der Waals surface area contributed by atoms with Crippen LogP contribution in [0.15, 0.2) is 0 Å². The molecule has 2 atom stereocenters. The third-order valence-corrected chi connectivity index (χ3v) is 3.24. The number of hydrogen-bond acceptors (Lipinski definition) is 2. The van der Waals surface area contributed by atoms with Gasteiger partial charge in [0, 0.05) is 18.6 Å². The summed E-state index contributed by atoms with van der Waals surface area (Å²) in [6.45, 7) is 11.5. The summed E-state index contributed by atoms with van der Waals surface area (Å²) >= 11 is 0. The maximum Gasteiger partial charge on any atom is 0.0108 e. The molecule has 2 heteroatoms. The van der Waals surface area contributed by atoms with Crippen LogP contribution in [-0.4, -0.2) is 37.1 Å². The van der Waals surface area contributed by atoms with Crippen LogP contribution in [0.2, 0.25) is 0 Å². The smallest absolute Gasteiger partial charge is 0.0108 e. The van der Waals surface area contributed by atoms with E-state index in [4.69, 9.17) is 0 Å². The molecule has 0 aromatic rings. The van der Waals surface area contributed by atoms with Gasteiger partial charge in [0.05, 0.1) is 0 Å². The van der Waals surface area contributed by atoms with Crippen LogP contribution in [0.5, 0.6) is 0 Å². The molecule has 1 aliphatic rings. The predicted octanol–water partition coefficient (Wildman–Crippen LogP) is 2.49. The molecule has 0 amide bonds. The van der Waals surface area contributed by atoms with Crippen molar-refractivity contribution in [3.8, 4) is 0 Å². The highest BCUT2D eigenvalue weighted by atomic mass is 15.1. The van der Waals surface area contributed by atoms with Crippen LogP contribution in [-0.2, 0) is 0 Å². The Kier molecular flexibility index (Phi) is 4.60. The molecule has 90 valence electrons. The standard InChI is InChI=1S/C13H28N2/c1-6-14-11-7-8-12(9-11)15(5)10-13(2,3)4/h11-12,14H,6-10H2,1-5H3. The molecule has 0 aromatic carbocycles. The van der Waals surface area contributed by atoms with E-state index in [-0.39, 0.29) is 0 Å². The Bertz CT molecular complexity index is 183. The van der Waals surface area contributed by atoms with Gasteiger partial charge in [-0.3, -0.25) is 0 Å². The molecule has 0 spiro atoms. The summed E-state index contributed by atoms with van der Waals surface area (Å²) in [6.07, 6.45) is 4.05. The molecule has 2 nitrogen and oxygen atoms in total. The summed E-state index contributed by atoms with van der Waals surface area (Å²) in [5.74, 6) is 0. The van der Waals surface area contributed by atoms with Gasteiger partial charge in [-0.15, -0.1) is 0 Å². The maximum atomic E-state index is 3.57. The van der Waals surface area contributed by atoms with Crippen LogP contribution in [0.1, 0.15) is 47.0 Å². The highest BCUT2D eigenvalue weighted by molar-refractivity contribution is 4.86. The highest BCUT2D eigenvalue weighted by Gasteiger charge is 2.28. The topological polar surface area (TPSA) is 15.3 Å². The lowest BCUT2D eigenvalue weighted by Crippen LogP contribution is -2.37. The van der Waals surface area contributed by atoms with Gasteiger partial charge >= 0.3 is 0 Å². The van der Waals surface area contributed by atoms with Crippen molar-refractivity contribution >= 4 is 0 Å². The van der Waals surface area contributed by atoms with Gasteiger partial charge in [0.15, 0.2) is 0 Å². The number of hydrogen-bond donors (Lipinski definition) is 1. The quantitative estimate of drug-likeness (QED) is 0.770. The molecule has 15 heavy (non-hydrogen) atoms. The van der Waals surface area contributed by atoms with Crippen molar-refractivity contribution in [2.75, 3.05) is 20.1 Å². The molecule has 0 bridgehead atoms. The SMILES string of the molecule is CCNC1CCC(N(C)CC(C)(C)C)C1. The average molecular weight is 212 g/mol. The Morgan fingerprint density at radius 3 is 2.47 bits per heavy atom. The van der Waals surface area contributed by atoms with E-state index >= 15 is 0 Å². The summed E-state index contributed by atoms with van der Waals surface area (Å²) in [5, 5.41) is 3.57. The Morgan fingerprint density at radius 1 is 1.27 bits per heavy atom. The summed E-state index contributed by atoms with van der Waals surface area (Å²) in [7, 11) is 2.28. The minimum absolute atomic E-state index is 0.422. The molecule has 2 unspecified atom stereocenters. The minimum Gasteiger partial charge on any atom is -0.314 e. The van der Waals surface area contributed by atoms with E-state index < -0.39 is 0 Å². The van der Waals surface area contributed by atoms with Gasteiger partial charge in [0.2, 0.25) is 0 Å². The first-order valence-corrected chi connectivity index (χ1v) is 6.36. The zero-order chi connectivity index (χ0) is 11.5. The van der Waals surface area contributed by atoms with Crippen LogP contribution in [0.4, 0.5) is 0 Å². The third kappa shape index (κ3) is 4.52. The van der Waals surface area contributed by atoms with Crippen molar-refractivity contribution in [3.05, 3.63) is 0 Å². The largest absolute Gasteiger partial charge is 0.314 e. The number of rotatable bonds is 4. The first-order chi connectivity index (χ1) is 6.92. The van der Waals surface area contributed by atoms with Gasteiger partial charge in [0.1, 0.15) is 0 Å². The van der Waals surface area contributed by atoms with E-state index in [9.17, 15) is 0 Å².